The molecule has 160 valence electrons. The van der Waals surface area contributed by atoms with Crippen molar-refractivity contribution in [2.45, 2.75) is 6.92 Å². The second-order valence-corrected chi connectivity index (χ2v) is 7.58. The third kappa shape index (κ3) is 4.95. The van der Waals surface area contributed by atoms with Crippen molar-refractivity contribution in [3.63, 3.8) is 0 Å². The molecule has 0 spiro atoms. The van der Waals surface area contributed by atoms with Crippen LogP contribution in [0.5, 0.6) is 11.5 Å². The second-order valence-electron chi connectivity index (χ2n) is 6.55. The van der Waals surface area contributed by atoms with Gasteiger partial charge in [-0.25, -0.2) is 4.79 Å². The van der Waals surface area contributed by atoms with Crippen LogP contribution in [0.3, 0.4) is 0 Å². The summed E-state index contributed by atoms with van der Waals surface area (Å²) >= 11 is 1.34. The van der Waals surface area contributed by atoms with Gasteiger partial charge < -0.3 is 19.5 Å². The molecule has 0 bridgehead atoms. The van der Waals surface area contributed by atoms with Gasteiger partial charge in [0.1, 0.15) is 5.00 Å². The van der Waals surface area contributed by atoms with Gasteiger partial charge in [-0.15, -0.1) is 11.3 Å². The SMILES string of the molecule is COC(=O)c1c(NC(=O)/C=C/c2ccc(OC)c(OC)c2)sc(-c2ccccc2)c1C. The Morgan fingerprint density at radius 2 is 1.68 bits per heavy atom. The Kier molecular flexibility index (Phi) is 7.10. The number of esters is 1. The largest absolute Gasteiger partial charge is 0.493 e. The molecule has 0 aliphatic heterocycles. The Balaban J connectivity index is 1.87. The van der Waals surface area contributed by atoms with Crippen LogP contribution in [0.15, 0.2) is 54.6 Å². The first-order chi connectivity index (χ1) is 15.0. The molecule has 1 aromatic heterocycles. The van der Waals surface area contributed by atoms with E-state index in [9.17, 15) is 9.59 Å². The molecule has 0 saturated heterocycles. The molecule has 0 radical (unpaired) electrons. The van der Waals surface area contributed by atoms with Crippen molar-refractivity contribution in [1.29, 1.82) is 0 Å². The number of methoxy groups -OCH3 is 3. The monoisotopic (exact) mass is 437 g/mol. The van der Waals surface area contributed by atoms with Crippen LogP contribution in [0.4, 0.5) is 5.00 Å². The summed E-state index contributed by atoms with van der Waals surface area (Å²) in [6.45, 7) is 1.85. The zero-order valence-electron chi connectivity index (χ0n) is 17.7. The molecular formula is C24H23NO5S. The molecule has 1 N–H and O–H groups in total. The Morgan fingerprint density at radius 1 is 0.968 bits per heavy atom. The zero-order valence-corrected chi connectivity index (χ0v) is 18.5. The molecule has 0 fully saturated rings. The average Bonchev–Trinajstić information content (AvgIpc) is 3.12. The van der Waals surface area contributed by atoms with Crippen LogP contribution in [0, 0.1) is 6.92 Å². The van der Waals surface area contributed by atoms with E-state index in [1.54, 1.807) is 32.4 Å². The number of benzene rings is 2. The summed E-state index contributed by atoms with van der Waals surface area (Å²) in [5, 5.41) is 3.26. The van der Waals surface area contributed by atoms with Gasteiger partial charge in [-0.05, 0) is 41.8 Å². The van der Waals surface area contributed by atoms with Crippen LogP contribution in [0.25, 0.3) is 16.5 Å². The summed E-state index contributed by atoms with van der Waals surface area (Å²) in [6.07, 6.45) is 3.06. The third-order valence-corrected chi connectivity index (χ3v) is 5.90. The fraction of sp³-hybridized carbons (Fsp3) is 0.167. The molecule has 7 heteroatoms. The highest BCUT2D eigenvalue weighted by atomic mass is 32.1. The average molecular weight is 438 g/mol. The van der Waals surface area contributed by atoms with Crippen molar-refractivity contribution in [3.8, 4) is 21.9 Å². The highest BCUT2D eigenvalue weighted by Gasteiger charge is 2.23. The Hall–Kier alpha value is -3.58. The summed E-state index contributed by atoms with van der Waals surface area (Å²) < 4.78 is 15.4. The van der Waals surface area contributed by atoms with Crippen molar-refractivity contribution in [3.05, 3.63) is 71.3 Å². The molecular weight excluding hydrogens is 414 g/mol. The number of rotatable bonds is 7. The first-order valence-electron chi connectivity index (χ1n) is 9.46. The minimum absolute atomic E-state index is 0.360. The van der Waals surface area contributed by atoms with Crippen molar-refractivity contribution in [2.75, 3.05) is 26.6 Å². The number of ether oxygens (including phenoxy) is 3. The maximum atomic E-state index is 12.6. The van der Waals surface area contributed by atoms with Crippen LogP contribution in [0.2, 0.25) is 0 Å². The van der Waals surface area contributed by atoms with E-state index < -0.39 is 5.97 Å². The number of hydrogen-bond donors (Lipinski definition) is 1. The van der Waals surface area contributed by atoms with Gasteiger partial charge in [0.05, 0.1) is 26.9 Å². The number of thiophene rings is 1. The number of carbonyl (C=O) groups is 2. The first kappa shape index (κ1) is 22.1. The van der Waals surface area contributed by atoms with Crippen LogP contribution in [-0.4, -0.2) is 33.2 Å². The smallest absolute Gasteiger partial charge is 0.341 e. The number of hydrogen-bond acceptors (Lipinski definition) is 6. The van der Waals surface area contributed by atoms with Gasteiger partial charge in [-0.3, -0.25) is 4.79 Å². The van der Waals surface area contributed by atoms with E-state index in [-0.39, 0.29) is 5.91 Å². The zero-order chi connectivity index (χ0) is 22.4. The van der Waals surface area contributed by atoms with E-state index in [2.05, 4.69) is 5.32 Å². The molecule has 1 heterocycles. The molecule has 0 aliphatic carbocycles. The van der Waals surface area contributed by atoms with Gasteiger partial charge in [0, 0.05) is 11.0 Å². The number of amides is 1. The normalized spacial score (nSPS) is 10.7. The fourth-order valence-electron chi connectivity index (χ4n) is 3.10. The molecule has 0 aliphatic rings. The van der Waals surface area contributed by atoms with Crippen molar-refractivity contribution in [2.24, 2.45) is 0 Å². The number of nitrogens with one attached hydrogen (secondary N) is 1. The van der Waals surface area contributed by atoms with E-state index in [1.807, 2.05) is 43.3 Å². The molecule has 6 nitrogen and oxygen atoms in total. The maximum absolute atomic E-state index is 12.6. The van der Waals surface area contributed by atoms with E-state index in [1.165, 1.54) is 24.5 Å². The minimum atomic E-state index is -0.491. The van der Waals surface area contributed by atoms with Gasteiger partial charge in [0.25, 0.3) is 0 Å². The Labute approximate surface area is 185 Å². The summed E-state index contributed by atoms with van der Waals surface area (Å²) in [6, 6.07) is 15.0. The van der Waals surface area contributed by atoms with Gasteiger partial charge in [-0.2, -0.15) is 0 Å². The molecule has 1 amide bonds. The van der Waals surface area contributed by atoms with Crippen LogP contribution < -0.4 is 14.8 Å². The Morgan fingerprint density at radius 3 is 2.32 bits per heavy atom. The summed E-state index contributed by atoms with van der Waals surface area (Å²) in [5.41, 5.74) is 2.87. The van der Waals surface area contributed by atoms with Crippen LogP contribution >= 0.6 is 11.3 Å². The lowest BCUT2D eigenvalue weighted by Gasteiger charge is -2.07. The predicted molar refractivity (Wildman–Crippen MR) is 123 cm³/mol. The third-order valence-electron chi connectivity index (χ3n) is 4.64. The maximum Gasteiger partial charge on any atom is 0.341 e. The first-order valence-corrected chi connectivity index (χ1v) is 10.3. The predicted octanol–water partition coefficient (Wildman–Crippen LogP) is 5.18. The van der Waals surface area contributed by atoms with E-state index >= 15 is 0 Å². The van der Waals surface area contributed by atoms with Crippen LogP contribution in [-0.2, 0) is 9.53 Å². The lowest BCUT2D eigenvalue weighted by Crippen LogP contribution is -2.11. The Bertz CT molecular complexity index is 1120. The molecule has 2 aromatic carbocycles. The number of carbonyl (C=O) groups excluding carboxylic acids is 2. The molecule has 31 heavy (non-hydrogen) atoms. The highest BCUT2D eigenvalue weighted by Crippen LogP contribution is 2.40. The molecule has 0 atom stereocenters. The second kappa shape index (κ2) is 9.95. The lowest BCUT2D eigenvalue weighted by atomic mass is 10.1. The van der Waals surface area contributed by atoms with E-state index in [0.717, 1.165) is 21.6 Å². The van der Waals surface area contributed by atoms with Crippen LogP contribution in [0.1, 0.15) is 21.5 Å². The molecule has 0 unspecified atom stereocenters. The highest BCUT2D eigenvalue weighted by molar-refractivity contribution is 7.20. The van der Waals surface area contributed by atoms with Crippen molar-refractivity contribution < 1.29 is 23.8 Å². The topological polar surface area (TPSA) is 73.9 Å². The van der Waals surface area contributed by atoms with E-state index in [4.69, 9.17) is 14.2 Å². The number of anilines is 1. The quantitative estimate of drug-likeness (QED) is 0.407. The molecule has 3 aromatic rings. The van der Waals surface area contributed by atoms with Crippen molar-refractivity contribution in [1.82, 2.24) is 0 Å². The summed E-state index contributed by atoms with van der Waals surface area (Å²) in [4.78, 5) is 25.9. The van der Waals surface area contributed by atoms with Gasteiger partial charge in [0.2, 0.25) is 5.91 Å². The fourth-order valence-corrected chi connectivity index (χ4v) is 4.30. The summed E-state index contributed by atoms with van der Waals surface area (Å²) in [5.74, 6) is 0.324. The lowest BCUT2D eigenvalue weighted by molar-refractivity contribution is -0.111. The van der Waals surface area contributed by atoms with Gasteiger partial charge in [-0.1, -0.05) is 36.4 Å². The van der Waals surface area contributed by atoms with E-state index in [0.29, 0.717) is 22.1 Å². The molecule has 0 saturated carbocycles. The van der Waals surface area contributed by atoms with Gasteiger partial charge in [0.15, 0.2) is 11.5 Å². The molecule has 3 rings (SSSR count). The standard InChI is InChI=1S/C24H23NO5S/c1-15-21(24(27)30-4)23(31-22(15)17-8-6-5-7-9-17)25-20(26)13-11-16-10-12-18(28-2)19(14-16)29-3/h5-14H,1-4H3,(H,25,26)/b13-11+. The summed E-state index contributed by atoms with van der Waals surface area (Å²) in [7, 11) is 4.44. The van der Waals surface area contributed by atoms with Crippen molar-refractivity contribution >= 4 is 34.3 Å². The minimum Gasteiger partial charge on any atom is -0.493 e. The van der Waals surface area contributed by atoms with Gasteiger partial charge >= 0.3 is 5.97 Å².